The SMILES string of the molecule is CNC(=O)[C@@](C)(C(=O)NO)N(C)C(=O)c1ccc(C#Cc2ccc([C@H](O)CCOC)cc2)cc1. The summed E-state index contributed by atoms with van der Waals surface area (Å²) >= 11 is 0. The Labute approximate surface area is 198 Å². The number of carbonyl (C=O) groups is 3. The van der Waals surface area contributed by atoms with E-state index in [0.29, 0.717) is 18.6 Å². The number of amides is 3. The van der Waals surface area contributed by atoms with E-state index < -0.39 is 29.4 Å². The van der Waals surface area contributed by atoms with Crippen LogP contribution in [0.2, 0.25) is 0 Å². The molecule has 0 aliphatic carbocycles. The molecular formula is C25H29N3O6. The van der Waals surface area contributed by atoms with Gasteiger partial charge in [0, 0.05) is 50.9 Å². The molecule has 0 saturated carbocycles. The molecular weight excluding hydrogens is 438 g/mol. The van der Waals surface area contributed by atoms with Crippen LogP contribution in [0.3, 0.4) is 0 Å². The van der Waals surface area contributed by atoms with E-state index in [1.54, 1.807) is 31.4 Å². The number of nitrogens with zero attached hydrogens (tertiary/aromatic N) is 1. The number of benzene rings is 2. The van der Waals surface area contributed by atoms with Gasteiger partial charge in [0.05, 0.1) is 6.10 Å². The summed E-state index contributed by atoms with van der Waals surface area (Å²) in [5, 5.41) is 21.5. The van der Waals surface area contributed by atoms with Crippen molar-refractivity contribution >= 4 is 17.7 Å². The molecule has 0 radical (unpaired) electrons. The first-order valence-electron chi connectivity index (χ1n) is 10.5. The number of methoxy groups -OCH3 is 1. The molecule has 9 nitrogen and oxygen atoms in total. The fourth-order valence-electron chi connectivity index (χ4n) is 3.18. The number of ether oxygens (including phenoxy) is 1. The van der Waals surface area contributed by atoms with Crippen LogP contribution in [0.5, 0.6) is 0 Å². The number of rotatable bonds is 8. The third-order valence-electron chi connectivity index (χ3n) is 5.56. The van der Waals surface area contributed by atoms with E-state index >= 15 is 0 Å². The zero-order valence-electron chi connectivity index (χ0n) is 19.6. The first kappa shape index (κ1) is 26.5. The molecule has 0 fully saturated rings. The van der Waals surface area contributed by atoms with Gasteiger partial charge in [0.15, 0.2) is 5.54 Å². The molecule has 0 aromatic heterocycles. The molecule has 3 amide bonds. The van der Waals surface area contributed by atoms with Gasteiger partial charge >= 0.3 is 0 Å². The van der Waals surface area contributed by atoms with Crippen molar-refractivity contribution in [1.29, 1.82) is 0 Å². The zero-order valence-corrected chi connectivity index (χ0v) is 19.6. The van der Waals surface area contributed by atoms with Crippen LogP contribution in [0.25, 0.3) is 0 Å². The minimum atomic E-state index is -1.96. The van der Waals surface area contributed by atoms with Crippen molar-refractivity contribution in [3.8, 4) is 11.8 Å². The van der Waals surface area contributed by atoms with Crippen molar-refractivity contribution in [2.45, 2.75) is 25.0 Å². The second kappa shape index (κ2) is 12.0. The minimum absolute atomic E-state index is 0.239. The van der Waals surface area contributed by atoms with Crippen LogP contribution < -0.4 is 10.8 Å². The average Bonchev–Trinajstić information content (AvgIpc) is 2.88. The van der Waals surface area contributed by atoms with Gasteiger partial charge in [-0.3, -0.25) is 19.6 Å². The molecule has 2 atom stereocenters. The summed E-state index contributed by atoms with van der Waals surface area (Å²) in [7, 11) is 4.22. The van der Waals surface area contributed by atoms with Gasteiger partial charge in [-0.25, -0.2) is 5.48 Å². The molecule has 9 heteroatoms. The normalized spacial score (nSPS) is 13.0. The van der Waals surface area contributed by atoms with E-state index in [9.17, 15) is 19.5 Å². The van der Waals surface area contributed by atoms with Crippen molar-refractivity contribution in [3.63, 3.8) is 0 Å². The van der Waals surface area contributed by atoms with E-state index in [-0.39, 0.29) is 5.56 Å². The molecule has 2 aromatic rings. The Bertz CT molecular complexity index is 1050. The summed E-state index contributed by atoms with van der Waals surface area (Å²) in [6.07, 6.45) is -0.0896. The van der Waals surface area contributed by atoms with Gasteiger partial charge in [-0.1, -0.05) is 24.0 Å². The summed E-state index contributed by atoms with van der Waals surface area (Å²) in [5.41, 5.74) is 1.93. The Morgan fingerprint density at radius 2 is 1.56 bits per heavy atom. The number of carbonyl (C=O) groups excluding carboxylic acids is 3. The van der Waals surface area contributed by atoms with Gasteiger partial charge in [0.1, 0.15) is 0 Å². The molecule has 0 aliphatic rings. The standard InChI is InChI=1S/C25H29N3O6/c1-25(23(31)26-2,24(32)27-33)28(3)22(30)20-13-9-18(10-14-20)6-5-17-7-11-19(12-8-17)21(29)15-16-34-4/h7-14,21,29,33H,15-16H2,1-4H3,(H,26,31)(H,27,32)/t21-,25+/m1/s1. The molecule has 34 heavy (non-hydrogen) atoms. The third kappa shape index (κ3) is 5.99. The van der Waals surface area contributed by atoms with Crippen LogP contribution in [0.15, 0.2) is 48.5 Å². The molecule has 180 valence electrons. The first-order valence-corrected chi connectivity index (χ1v) is 10.5. The molecule has 4 N–H and O–H groups in total. The predicted octanol–water partition coefficient (Wildman–Crippen LogP) is 1.24. The van der Waals surface area contributed by atoms with Crippen molar-refractivity contribution in [2.75, 3.05) is 27.8 Å². The highest BCUT2D eigenvalue weighted by Gasteiger charge is 2.47. The predicted molar refractivity (Wildman–Crippen MR) is 125 cm³/mol. The molecule has 0 spiro atoms. The third-order valence-corrected chi connectivity index (χ3v) is 5.56. The lowest BCUT2D eigenvalue weighted by Crippen LogP contribution is -2.64. The fourth-order valence-corrected chi connectivity index (χ4v) is 3.18. The maximum atomic E-state index is 12.9. The number of aliphatic hydroxyl groups is 1. The smallest absolute Gasteiger partial charge is 0.278 e. The van der Waals surface area contributed by atoms with E-state index in [0.717, 1.165) is 16.0 Å². The molecule has 0 saturated heterocycles. The lowest BCUT2D eigenvalue weighted by atomic mass is 9.96. The maximum Gasteiger partial charge on any atom is 0.278 e. The number of nitrogens with one attached hydrogen (secondary N) is 2. The Balaban J connectivity index is 2.15. The molecule has 0 unspecified atom stereocenters. The summed E-state index contributed by atoms with van der Waals surface area (Å²) in [5.74, 6) is 3.65. The van der Waals surface area contributed by atoms with Crippen molar-refractivity contribution in [3.05, 3.63) is 70.8 Å². The molecule has 0 aliphatic heterocycles. The first-order chi connectivity index (χ1) is 16.2. The number of likely N-dealkylation sites (N-methyl/N-ethyl adjacent to an activating group) is 2. The number of aliphatic hydroxyl groups excluding tert-OH is 1. The summed E-state index contributed by atoms with van der Waals surface area (Å²) < 4.78 is 4.98. The Hall–Kier alpha value is -3.71. The van der Waals surface area contributed by atoms with Crippen LogP contribution in [-0.4, -0.2) is 66.3 Å². The lowest BCUT2D eigenvalue weighted by molar-refractivity contribution is -0.148. The van der Waals surface area contributed by atoms with Gasteiger partial charge < -0.3 is 20.1 Å². The molecule has 0 heterocycles. The monoisotopic (exact) mass is 467 g/mol. The van der Waals surface area contributed by atoms with Gasteiger partial charge in [0.2, 0.25) is 0 Å². The molecule has 2 rings (SSSR count). The van der Waals surface area contributed by atoms with Crippen LogP contribution >= 0.6 is 0 Å². The Morgan fingerprint density at radius 3 is 2.03 bits per heavy atom. The van der Waals surface area contributed by atoms with Crippen LogP contribution in [0, 0.1) is 11.8 Å². The molecule has 2 aromatic carbocycles. The van der Waals surface area contributed by atoms with E-state index in [4.69, 9.17) is 9.94 Å². The second-order valence-corrected chi connectivity index (χ2v) is 7.70. The highest BCUT2D eigenvalue weighted by Crippen LogP contribution is 2.19. The largest absolute Gasteiger partial charge is 0.388 e. The second-order valence-electron chi connectivity index (χ2n) is 7.70. The lowest BCUT2D eigenvalue weighted by Gasteiger charge is -2.34. The minimum Gasteiger partial charge on any atom is -0.388 e. The van der Waals surface area contributed by atoms with Gasteiger partial charge in [0.25, 0.3) is 17.7 Å². The van der Waals surface area contributed by atoms with Crippen molar-refractivity contribution in [1.82, 2.24) is 15.7 Å². The van der Waals surface area contributed by atoms with Gasteiger partial charge in [-0.15, -0.1) is 0 Å². The topological polar surface area (TPSA) is 128 Å². The van der Waals surface area contributed by atoms with E-state index in [2.05, 4.69) is 17.2 Å². The van der Waals surface area contributed by atoms with E-state index in [1.807, 2.05) is 24.3 Å². The highest BCUT2D eigenvalue weighted by atomic mass is 16.5. The van der Waals surface area contributed by atoms with Gasteiger partial charge in [-0.05, 0) is 48.9 Å². The van der Waals surface area contributed by atoms with Gasteiger partial charge in [-0.2, -0.15) is 0 Å². The summed E-state index contributed by atoms with van der Waals surface area (Å²) in [4.78, 5) is 38.3. The number of hydroxylamine groups is 1. The van der Waals surface area contributed by atoms with Crippen LogP contribution in [0.1, 0.15) is 46.5 Å². The zero-order chi connectivity index (χ0) is 25.3. The van der Waals surface area contributed by atoms with Crippen LogP contribution in [0.4, 0.5) is 0 Å². The highest BCUT2D eigenvalue weighted by molar-refractivity contribution is 6.12. The van der Waals surface area contributed by atoms with E-state index in [1.165, 1.54) is 26.5 Å². The maximum absolute atomic E-state index is 12.9. The summed E-state index contributed by atoms with van der Waals surface area (Å²) in [6.45, 7) is 1.70. The number of hydrogen-bond donors (Lipinski definition) is 4. The Kier molecular flexibility index (Phi) is 9.33. The number of hydrogen-bond acceptors (Lipinski definition) is 6. The molecule has 0 bridgehead atoms. The van der Waals surface area contributed by atoms with Crippen LogP contribution in [-0.2, 0) is 14.3 Å². The van der Waals surface area contributed by atoms with Crippen molar-refractivity contribution < 1.29 is 29.4 Å². The average molecular weight is 468 g/mol. The fraction of sp³-hybridized carbons (Fsp3) is 0.320. The quantitative estimate of drug-likeness (QED) is 0.200. The summed E-state index contributed by atoms with van der Waals surface area (Å²) in [6, 6.07) is 13.6. The Morgan fingerprint density at radius 1 is 1.03 bits per heavy atom. The van der Waals surface area contributed by atoms with Crippen molar-refractivity contribution in [2.24, 2.45) is 0 Å².